The van der Waals surface area contributed by atoms with Crippen LogP contribution in [0, 0.1) is 0 Å². The van der Waals surface area contributed by atoms with Crippen LogP contribution in [0.4, 0.5) is 13.2 Å². The molecule has 2 aromatic rings. The first-order valence-electron chi connectivity index (χ1n) is 7.66. The third kappa shape index (κ3) is 5.31. The lowest BCUT2D eigenvalue weighted by Crippen LogP contribution is -2.42. The van der Waals surface area contributed by atoms with E-state index in [4.69, 9.17) is 4.74 Å². The number of benzene rings is 2. The molecule has 25 heavy (non-hydrogen) atoms. The highest BCUT2D eigenvalue weighted by molar-refractivity contribution is 7.85. The summed E-state index contributed by atoms with van der Waals surface area (Å²) in [5.41, 5.74) is 0.783. The lowest BCUT2D eigenvalue weighted by atomic mass is 10.1. The monoisotopic (exact) mass is 372 g/mol. The van der Waals surface area contributed by atoms with Gasteiger partial charge in [0.25, 0.3) is 0 Å². The molecule has 0 saturated carbocycles. The summed E-state index contributed by atoms with van der Waals surface area (Å²) < 4.78 is 56.6. The number of aryl methyl sites for hydroxylation is 1. The molecular formula is C18H19F3O3S. The largest absolute Gasteiger partial charge is 0.497 e. The number of alkyl halides is 3. The molecule has 3 nitrogen and oxygen atoms in total. The van der Waals surface area contributed by atoms with Crippen LogP contribution in [-0.2, 0) is 17.2 Å². The molecule has 0 aliphatic rings. The maximum absolute atomic E-state index is 13.0. The summed E-state index contributed by atoms with van der Waals surface area (Å²) in [5, 5.41) is 8.26. The normalized spacial score (nSPS) is 15.4. The molecule has 2 aromatic carbocycles. The first-order valence-corrected chi connectivity index (χ1v) is 8.87. The van der Waals surface area contributed by atoms with Crippen molar-refractivity contribution in [3.8, 4) is 5.75 Å². The Labute approximate surface area is 146 Å². The van der Waals surface area contributed by atoms with Gasteiger partial charge in [0.15, 0.2) is 6.10 Å². The topological polar surface area (TPSA) is 46.5 Å². The molecule has 0 aliphatic carbocycles. The van der Waals surface area contributed by atoms with Crippen molar-refractivity contribution in [3.63, 3.8) is 0 Å². The molecule has 0 amide bonds. The summed E-state index contributed by atoms with van der Waals surface area (Å²) in [4.78, 5) is 0.269. The Kier molecular flexibility index (Phi) is 6.61. The molecule has 0 aliphatic heterocycles. The zero-order chi connectivity index (χ0) is 18.4. The average Bonchev–Trinajstić information content (AvgIpc) is 2.62. The van der Waals surface area contributed by atoms with Crippen LogP contribution in [0.3, 0.4) is 0 Å². The SMILES string of the molecule is COc1ccc(CC[C@H]([C@H](O)C(F)(F)F)[S@](=O)c2ccccc2)cc1. The number of hydrogen-bond donors (Lipinski definition) is 1. The lowest BCUT2D eigenvalue weighted by molar-refractivity contribution is -0.203. The third-order valence-corrected chi connectivity index (χ3v) is 5.59. The molecule has 0 aromatic heterocycles. The Morgan fingerprint density at radius 1 is 1.08 bits per heavy atom. The second-order valence-electron chi connectivity index (χ2n) is 5.52. The van der Waals surface area contributed by atoms with Crippen molar-refractivity contribution in [1.29, 1.82) is 0 Å². The molecule has 2 rings (SSSR count). The zero-order valence-corrected chi connectivity index (χ0v) is 14.4. The summed E-state index contributed by atoms with van der Waals surface area (Å²) >= 11 is 0. The van der Waals surface area contributed by atoms with Gasteiger partial charge in [-0.15, -0.1) is 0 Å². The van der Waals surface area contributed by atoms with Crippen LogP contribution in [0.15, 0.2) is 59.5 Å². The second-order valence-corrected chi connectivity index (χ2v) is 7.19. The van der Waals surface area contributed by atoms with Gasteiger partial charge in [0, 0.05) is 4.90 Å². The minimum Gasteiger partial charge on any atom is -0.497 e. The molecule has 0 fully saturated rings. The number of ether oxygens (including phenoxy) is 1. The fourth-order valence-electron chi connectivity index (χ4n) is 2.42. The molecule has 7 heteroatoms. The van der Waals surface area contributed by atoms with Gasteiger partial charge in [0.2, 0.25) is 0 Å². The number of aliphatic hydroxyl groups is 1. The molecule has 0 saturated heterocycles. The highest BCUT2D eigenvalue weighted by Gasteiger charge is 2.45. The van der Waals surface area contributed by atoms with E-state index in [1.807, 2.05) is 0 Å². The van der Waals surface area contributed by atoms with E-state index in [0.29, 0.717) is 5.75 Å². The lowest BCUT2D eigenvalue weighted by Gasteiger charge is -2.24. The Balaban J connectivity index is 2.17. The van der Waals surface area contributed by atoms with Crippen LogP contribution < -0.4 is 4.74 Å². The maximum Gasteiger partial charge on any atom is 0.415 e. The highest BCUT2D eigenvalue weighted by atomic mass is 32.2. The number of halogens is 3. The molecular weight excluding hydrogens is 353 g/mol. The first-order chi connectivity index (χ1) is 11.8. The van der Waals surface area contributed by atoms with E-state index in [1.54, 1.807) is 42.5 Å². The first kappa shape index (κ1) is 19.5. The molecule has 3 atom stereocenters. The van der Waals surface area contributed by atoms with E-state index in [9.17, 15) is 22.5 Å². The smallest absolute Gasteiger partial charge is 0.415 e. The van der Waals surface area contributed by atoms with E-state index in [1.165, 1.54) is 19.2 Å². The number of rotatable bonds is 7. The van der Waals surface area contributed by atoms with Crippen molar-refractivity contribution < 1.29 is 27.2 Å². The van der Waals surface area contributed by atoms with Crippen molar-refractivity contribution >= 4 is 10.8 Å². The van der Waals surface area contributed by atoms with Gasteiger partial charge in [-0.2, -0.15) is 13.2 Å². The van der Waals surface area contributed by atoms with Crippen LogP contribution in [0.5, 0.6) is 5.75 Å². The Hall–Kier alpha value is -1.86. The summed E-state index contributed by atoms with van der Waals surface area (Å²) in [6, 6.07) is 14.8. The summed E-state index contributed by atoms with van der Waals surface area (Å²) in [6.07, 6.45) is -7.27. The second kappa shape index (κ2) is 8.49. The van der Waals surface area contributed by atoms with Gasteiger partial charge in [-0.25, -0.2) is 0 Å². The van der Waals surface area contributed by atoms with Gasteiger partial charge in [-0.1, -0.05) is 30.3 Å². The van der Waals surface area contributed by atoms with Crippen LogP contribution in [0.2, 0.25) is 0 Å². The highest BCUT2D eigenvalue weighted by Crippen LogP contribution is 2.29. The molecule has 136 valence electrons. The van der Waals surface area contributed by atoms with Gasteiger partial charge < -0.3 is 9.84 Å². The van der Waals surface area contributed by atoms with Crippen LogP contribution in [0.1, 0.15) is 12.0 Å². The van der Waals surface area contributed by atoms with Gasteiger partial charge >= 0.3 is 6.18 Å². The fraction of sp³-hybridized carbons (Fsp3) is 0.333. The number of hydrogen-bond acceptors (Lipinski definition) is 3. The van der Waals surface area contributed by atoms with Gasteiger partial charge in [0.1, 0.15) is 5.75 Å². The quantitative estimate of drug-likeness (QED) is 0.806. The van der Waals surface area contributed by atoms with Gasteiger partial charge in [-0.05, 0) is 42.7 Å². The average molecular weight is 372 g/mol. The standard InChI is InChI=1S/C18H19F3O3S/c1-24-14-10-7-13(8-11-14)9-12-16(17(22)18(19,20)21)25(23)15-5-3-2-4-6-15/h2-8,10-11,16-17,22H,9,12H2,1H3/t16-,17+,25-/m1/s1. The molecule has 0 spiro atoms. The van der Waals surface area contributed by atoms with E-state index in [2.05, 4.69) is 0 Å². The van der Waals surface area contributed by atoms with E-state index in [0.717, 1.165) is 5.56 Å². The Morgan fingerprint density at radius 3 is 2.20 bits per heavy atom. The van der Waals surface area contributed by atoms with Crippen molar-refractivity contribution in [2.24, 2.45) is 0 Å². The van der Waals surface area contributed by atoms with Crippen LogP contribution >= 0.6 is 0 Å². The van der Waals surface area contributed by atoms with Gasteiger partial charge in [0.05, 0.1) is 23.2 Å². The predicted molar refractivity (Wildman–Crippen MR) is 90.0 cm³/mol. The van der Waals surface area contributed by atoms with E-state index in [-0.39, 0.29) is 17.7 Å². The van der Waals surface area contributed by atoms with Crippen molar-refractivity contribution in [3.05, 3.63) is 60.2 Å². The number of aliphatic hydroxyl groups excluding tert-OH is 1. The van der Waals surface area contributed by atoms with Gasteiger partial charge in [-0.3, -0.25) is 4.21 Å². The number of methoxy groups -OCH3 is 1. The Bertz CT molecular complexity index is 687. The van der Waals surface area contributed by atoms with E-state index < -0.39 is 28.3 Å². The molecule has 0 unspecified atom stereocenters. The van der Waals surface area contributed by atoms with Crippen molar-refractivity contribution in [2.45, 2.75) is 35.3 Å². The molecule has 0 bridgehead atoms. The molecule has 0 heterocycles. The molecule has 0 radical (unpaired) electrons. The van der Waals surface area contributed by atoms with Crippen LogP contribution in [0.25, 0.3) is 0 Å². The minimum atomic E-state index is -4.82. The van der Waals surface area contributed by atoms with Crippen molar-refractivity contribution in [1.82, 2.24) is 0 Å². The Morgan fingerprint density at radius 2 is 1.68 bits per heavy atom. The zero-order valence-electron chi connectivity index (χ0n) is 13.6. The summed E-state index contributed by atoms with van der Waals surface area (Å²) in [5.74, 6) is 0.642. The third-order valence-electron chi connectivity index (χ3n) is 3.81. The summed E-state index contributed by atoms with van der Waals surface area (Å²) in [6.45, 7) is 0. The predicted octanol–water partition coefficient (Wildman–Crippen LogP) is 3.73. The van der Waals surface area contributed by atoms with Crippen LogP contribution in [-0.4, -0.2) is 34.0 Å². The fourth-order valence-corrected chi connectivity index (χ4v) is 3.92. The van der Waals surface area contributed by atoms with E-state index >= 15 is 0 Å². The molecule has 1 N–H and O–H groups in total. The minimum absolute atomic E-state index is 0.0610. The maximum atomic E-state index is 13.0. The summed E-state index contributed by atoms with van der Waals surface area (Å²) in [7, 11) is -0.451. The van der Waals surface area contributed by atoms with Crippen molar-refractivity contribution in [2.75, 3.05) is 7.11 Å².